The number of rotatable bonds is 8. The molecule has 0 fully saturated rings. The van der Waals surface area contributed by atoms with Crippen LogP contribution < -0.4 is 5.32 Å². The number of para-hydroxylation sites is 1. The number of unbranched alkanes of at least 4 members (excludes halogenated alkanes) is 1. The Morgan fingerprint density at radius 1 is 1.08 bits per heavy atom. The summed E-state index contributed by atoms with van der Waals surface area (Å²) >= 11 is 12.4. The van der Waals surface area contributed by atoms with Crippen molar-refractivity contribution in [2.45, 2.75) is 32.9 Å². The van der Waals surface area contributed by atoms with Gasteiger partial charge in [-0.1, -0.05) is 47.5 Å². The third-order valence-electron chi connectivity index (χ3n) is 4.77. The summed E-state index contributed by atoms with van der Waals surface area (Å²) in [5, 5.41) is 15.0. The minimum Gasteiger partial charge on any atom is -0.396 e. The number of nitrogens with one attached hydrogen (secondary N) is 1. The summed E-state index contributed by atoms with van der Waals surface area (Å²) in [6.07, 6.45) is 1.82. The van der Waals surface area contributed by atoms with Crippen LogP contribution in [0.4, 0.5) is 0 Å². The molecule has 138 valence electrons. The summed E-state index contributed by atoms with van der Waals surface area (Å²) in [6, 6.07) is 14.1. The smallest absolute Gasteiger partial charge is 0.0493 e. The van der Waals surface area contributed by atoms with Crippen molar-refractivity contribution in [2.24, 2.45) is 0 Å². The minimum absolute atomic E-state index is 0.252. The van der Waals surface area contributed by atoms with Gasteiger partial charge in [-0.3, -0.25) is 0 Å². The number of halogens is 2. The number of hydrogen-bond donors (Lipinski definition) is 2. The first kappa shape index (κ1) is 19.2. The molecule has 5 heteroatoms. The lowest BCUT2D eigenvalue weighted by Gasteiger charge is -2.11. The molecule has 0 aliphatic carbocycles. The number of aromatic nitrogens is 1. The maximum Gasteiger partial charge on any atom is 0.0493 e. The van der Waals surface area contributed by atoms with Crippen molar-refractivity contribution in [2.75, 3.05) is 13.2 Å². The Morgan fingerprint density at radius 2 is 1.88 bits per heavy atom. The minimum atomic E-state index is 0.252. The highest BCUT2D eigenvalue weighted by Crippen LogP contribution is 2.29. The summed E-state index contributed by atoms with van der Waals surface area (Å²) in [4.78, 5) is 0. The van der Waals surface area contributed by atoms with Crippen LogP contribution in [0.5, 0.6) is 0 Å². The summed E-state index contributed by atoms with van der Waals surface area (Å²) in [5.41, 5.74) is 4.83. The lowest BCUT2D eigenvalue weighted by Crippen LogP contribution is -2.15. The van der Waals surface area contributed by atoms with Crippen LogP contribution in [0.15, 0.2) is 42.5 Å². The van der Waals surface area contributed by atoms with Crippen molar-refractivity contribution in [1.29, 1.82) is 0 Å². The van der Waals surface area contributed by atoms with Crippen LogP contribution in [-0.4, -0.2) is 22.8 Å². The van der Waals surface area contributed by atoms with Gasteiger partial charge in [-0.25, -0.2) is 0 Å². The fourth-order valence-electron chi connectivity index (χ4n) is 3.33. The molecule has 3 aromatic rings. The van der Waals surface area contributed by atoms with Crippen LogP contribution in [-0.2, 0) is 13.1 Å². The van der Waals surface area contributed by atoms with E-state index in [1.54, 1.807) is 6.07 Å². The van der Waals surface area contributed by atoms with Gasteiger partial charge >= 0.3 is 0 Å². The zero-order valence-electron chi connectivity index (χ0n) is 14.9. The van der Waals surface area contributed by atoms with E-state index in [2.05, 4.69) is 41.1 Å². The van der Waals surface area contributed by atoms with Crippen molar-refractivity contribution in [3.63, 3.8) is 0 Å². The molecule has 0 saturated carbocycles. The molecule has 3 nitrogen and oxygen atoms in total. The first-order valence-electron chi connectivity index (χ1n) is 8.94. The van der Waals surface area contributed by atoms with E-state index in [1.165, 1.54) is 22.2 Å². The second-order valence-corrected chi connectivity index (χ2v) is 7.35. The zero-order valence-corrected chi connectivity index (χ0v) is 16.4. The van der Waals surface area contributed by atoms with E-state index >= 15 is 0 Å². The highest BCUT2D eigenvalue weighted by molar-refractivity contribution is 6.35. The van der Waals surface area contributed by atoms with E-state index in [-0.39, 0.29) is 6.61 Å². The number of hydrogen-bond acceptors (Lipinski definition) is 2. The van der Waals surface area contributed by atoms with Crippen LogP contribution in [0.3, 0.4) is 0 Å². The Bertz CT molecular complexity index is 889. The van der Waals surface area contributed by atoms with Gasteiger partial charge in [-0.2, -0.15) is 0 Å². The fourth-order valence-corrected chi connectivity index (χ4v) is 3.79. The van der Waals surface area contributed by atoms with Crippen LogP contribution in [0.2, 0.25) is 10.0 Å². The lowest BCUT2D eigenvalue weighted by atomic mass is 10.1. The molecule has 0 spiro atoms. The Kier molecular flexibility index (Phi) is 6.60. The Balaban J connectivity index is 1.89. The van der Waals surface area contributed by atoms with Crippen molar-refractivity contribution in [3.05, 3.63) is 69.3 Å². The number of nitrogens with zero attached hydrogens (tertiary/aromatic N) is 1. The van der Waals surface area contributed by atoms with E-state index in [1.807, 2.05) is 12.1 Å². The third kappa shape index (κ3) is 4.24. The molecule has 0 aliphatic heterocycles. The maximum absolute atomic E-state index is 8.90. The normalized spacial score (nSPS) is 11.4. The predicted octanol–water partition coefficient (Wildman–Crippen LogP) is 5.17. The van der Waals surface area contributed by atoms with Crippen molar-refractivity contribution < 1.29 is 5.11 Å². The van der Waals surface area contributed by atoms with Gasteiger partial charge in [0.2, 0.25) is 0 Å². The SMILES string of the molecule is Cc1c(CNCCCCO)c2ccccc2n1Cc1ccc(Cl)cc1Cl. The van der Waals surface area contributed by atoms with Gasteiger partial charge < -0.3 is 15.0 Å². The van der Waals surface area contributed by atoms with Crippen LogP contribution >= 0.6 is 23.2 Å². The fraction of sp³-hybridized carbons (Fsp3) is 0.333. The summed E-state index contributed by atoms with van der Waals surface area (Å²) in [5.74, 6) is 0. The molecule has 0 atom stereocenters. The number of fused-ring (bicyclic) bond motifs is 1. The van der Waals surface area contributed by atoms with Crippen LogP contribution in [0, 0.1) is 6.92 Å². The molecule has 1 aromatic heterocycles. The first-order valence-corrected chi connectivity index (χ1v) is 9.69. The monoisotopic (exact) mass is 390 g/mol. The molecule has 1 heterocycles. The van der Waals surface area contributed by atoms with Gasteiger partial charge in [-0.05, 0) is 55.6 Å². The van der Waals surface area contributed by atoms with Crippen LogP contribution in [0.25, 0.3) is 10.9 Å². The van der Waals surface area contributed by atoms with Gasteiger partial charge in [0.05, 0.1) is 0 Å². The number of aliphatic hydroxyl groups is 1. The molecule has 3 rings (SSSR count). The highest BCUT2D eigenvalue weighted by Gasteiger charge is 2.14. The Morgan fingerprint density at radius 3 is 2.65 bits per heavy atom. The molecule has 2 N–H and O–H groups in total. The molecule has 0 amide bonds. The van der Waals surface area contributed by atoms with Gasteiger partial charge in [0, 0.05) is 46.3 Å². The lowest BCUT2D eigenvalue weighted by molar-refractivity contribution is 0.283. The van der Waals surface area contributed by atoms with E-state index in [0.717, 1.165) is 31.5 Å². The summed E-state index contributed by atoms with van der Waals surface area (Å²) < 4.78 is 2.31. The average molecular weight is 391 g/mol. The van der Waals surface area contributed by atoms with Gasteiger partial charge in [0.25, 0.3) is 0 Å². The first-order chi connectivity index (χ1) is 12.6. The molecule has 0 aliphatic rings. The van der Waals surface area contributed by atoms with Crippen molar-refractivity contribution in [3.8, 4) is 0 Å². The average Bonchev–Trinajstić information content (AvgIpc) is 2.89. The highest BCUT2D eigenvalue weighted by atomic mass is 35.5. The zero-order chi connectivity index (χ0) is 18.5. The van der Waals surface area contributed by atoms with Crippen LogP contribution in [0.1, 0.15) is 29.7 Å². The van der Waals surface area contributed by atoms with Gasteiger partial charge in [0.1, 0.15) is 0 Å². The van der Waals surface area contributed by atoms with Crippen molar-refractivity contribution in [1.82, 2.24) is 9.88 Å². The molecule has 0 unspecified atom stereocenters. The quantitative estimate of drug-likeness (QED) is 0.520. The van der Waals surface area contributed by atoms with E-state index < -0.39 is 0 Å². The second kappa shape index (κ2) is 8.92. The standard InChI is InChI=1S/C21H24Cl2N2O/c1-15-19(13-24-10-4-5-11-26)18-6-2-3-7-21(18)25(15)14-16-8-9-17(22)12-20(16)23/h2-3,6-9,12,24,26H,4-5,10-11,13-14H2,1H3. The Labute approximate surface area is 164 Å². The maximum atomic E-state index is 8.90. The van der Waals surface area contributed by atoms with E-state index in [9.17, 15) is 0 Å². The number of benzene rings is 2. The predicted molar refractivity (Wildman–Crippen MR) is 110 cm³/mol. The molecular weight excluding hydrogens is 367 g/mol. The molecule has 0 bridgehead atoms. The summed E-state index contributed by atoms with van der Waals surface area (Å²) in [6.45, 7) is 4.85. The molecular formula is C21H24Cl2N2O. The van der Waals surface area contributed by atoms with E-state index in [0.29, 0.717) is 16.6 Å². The molecule has 0 radical (unpaired) electrons. The Hall–Kier alpha value is -1.52. The molecule has 0 saturated heterocycles. The third-order valence-corrected chi connectivity index (χ3v) is 5.36. The van der Waals surface area contributed by atoms with Gasteiger partial charge in [0.15, 0.2) is 0 Å². The van der Waals surface area contributed by atoms with Crippen molar-refractivity contribution >= 4 is 34.1 Å². The summed E-state index contributed by atoms with van der Waals surface area (Å²) in [7, 11) is 0. The molecule has 2 aromatic carbocycles. The largest absolute Gasteiger partial charge is 0.396 e. The number of aliphatic hydroxyl groups excluding tert-OH is 1. The second-order valence-electron chi connectivity index (χ2n) is 6.51. The molecule has 26 heavy (non-hydrogen) atoms. The topological polar surface area (TPSA) is 37.2 Å². The van der Waals surface area contributed by atoms with Gasteiger partial charge in [-0.15, -0.1) is 0 Å². The van der Waals surface area contributed by atoms with E-state index in [4.69, 9.17) is 28.3 Å².